The van der Waals surface area contributed by atoms with E-state index in [0.717, 1.165) is 11.3 Å². The Balaban J connectivity index is 1.61. The molecular weight excluding hydrogens is 372 g/mol. The maximum atomic E-state index is 12.7. The van der Waals surface area contributed by atoms with Crippen molar-refractivity contribution in [3.05, 3.63) is 66.4 Å². The van der Waals surface area contributed by atoms with Gasteiger partial charge in [0.2, 0.25) is 0 Å². The average molecular weight is 390 g/mol. The second-order valence-corrected chi connectivity index (χ2v) is 6.24. The van der Waals surface area contributed by atoms with Crippen molar-refractivity contribution in [2.24, 2.45) is 7.05 Å². The summed E-state index contributed by atoms with van der Waals surface area (Å²) in [6.45, 7) is 1.90. The Bertz CT molecular complexity index is 1200. The van der Waals surface area contributed by atoms with E-state index in [0.29, 0.717) is 11.5 Å². The van der Waals surface area contributed by atoms with Gasteiger partial charge < -0.3 is 10.1 Å². The molecule has 0 spiro atoms. The van der Waals surface area contributed by atoms with Crippen LogP contribution >= 0.6 is 0 Å². The molecule has 0 saturated heterocycles. The number of esters is 1. The lowest BCUT2D eigenvalue weighted by Crippen LogP contribution is -2.20. The number of hydrogen-bond donors (Lipinski definition) is 1. The molecule has 1 amide bonds. The number of rotatable bonds is 5. The van der Waals surface area contributed by atoms with Crippen molar-refractivity contribution in [3.8, 4) is 11.3 Å². The molecule has 29 heavy (non-hydrogen) atoms. The summed E-state index contributed by atoms with van der Waals surface area (Å²) in [5, 5.41) is 6.68. The van der Waals surface area contributed by atoms with Crippen molar-refractivity contribution in [1.82, 2.24) is 24.1 Å². The van der Waals surface area contributed by atoms with Gasteiger partial charge >= 0.3 is 5.97 Å². The normalized spacial score (nSPS) is 10.8. The molecular formula is C20H18N6O3. The van der Waals surface area contributed by atoms with Crippen LogP contribution in [0.3, 0.4) is 0 Å². The van der Waals surface area contributed by atoms with E-state index < -0.39 is 11.9 Å². The molecule has 0 atom stereocenters. The van der Waals surface area contributed by atoms with E-state index in [1.165, 1.54) is 10.9 Å². The molecule has 0 fully saturated rings. The highest BCUT2D eigenvalue weighted by Crippen LogP contribution is 2.20. The summed E-state index contributed by atoms with van der Waals surface area (Å²) < 4.78 is 8.08. The zero-order valence-corrected chi connectivity index (χ0v) is 15.9. The first-order chi connectivity index (χ1) is 14.1. The first-order valence-corrected chi connectivity index (χ1v) is 8.97. The van der Waals surface area contributed by atoms with Crippen molar-refractivity contribution in [1.29, 1.82) is 0 Å². The molecule has 9 nitrogen and oxygen atoms in total. The Kier molecular flexibility index (Phi) is 4.78. The molecule has 0 unspecified atom stereocenters. The lowest BCUT2D eigenvalue weighted by Gasteiger charge is -2.07. The van der Waals surface area contributed by atoms with Crippen LogP contribution in [0.15, 0.2) is 55.1 Å². The van der Waals surface area contributed by atoms with E-state index in [1.54, 1.807) is 30.8 Å². The Morgan fingerprint density at radius 1 is 1.21 bits per heavy atom. The summed E-state index contributed by atoms with van der Waals surface area (Å²) in [5.41, 5.74) is 2.60. The van der Waals surface area contributed by atoms with E-state index in [1.807, 2.05) is 36.5 Å². The van der Waals surface area contributed by atoms with Gasteiger partial charge in [-0.05, 0) is 6.92 Å². The molecule has 0 saturated carbocycles. The van der Waals surface area contributed by atoms with Gasteiger partial charge in [-0.3, -0.25) is 13.9 Å². The molecule has 3 aromatic heterocycles. The van der Waals surface area contributed by atoms with Crippen LogP contribution in [0.2, 0.25) is 0 Å². The Hall–Kier alpha value is -4.01. The minimum absolute atomic E-state index is 0.0958. The number of anilines is 1. The number of aryl methyl sites for hydroxylation is 1. The van der Waals surface area contributed by atoms with Gasteiger partial charge in [-0.2, -0.15) is 5.10 Å². The molecule has 0 aliphatic carbocycles. The third-order valence-corrected chi connectivity index (χ3v) is 4.31. The summed E-state index contributed by atoms with van der Waals surface area (Å²) in [6.07, 6.45) is 4.74. The predicted molar refractivity (Wildman–Crippen MR) is 106 cm³/mol. The SMILES string of the molecule is CCOC(=O)c1cnn(C)c1C(=O)Nc1cc2nc(-c3ccccc3)cn2cn1. The van der Waals surface area contributed by atoms with Crippen LogP contribution in [0.25, 0.3) is 16.9 Å². The van der Waals surface area contributed by atoms with Gasteiger partial charge in [0, 0.05) is 24.9 Å². The average Bonchev–Trinajstić information content (AvgIpc) is 3.32. The number of fused-ring (bicyclic) bond motifs is 1. The van der Waals surface area contributed by atoms with Gasteiger partial charge in [0.15, 0.2) is 0 Å². The van der Waals surface area contributed by atoms with Crippen LogP contribution in [0, 0.1) is 0 Å². The van der Waals surface area contributed by atoms with E-state index in [-0.39, 0.29) is 17.9 Å². The van der Waals surface area contributed by atoms with Gasteiger partial charge in [-0.25, -0.2) is 14.8 Å². The van der Waals surface area contributed by atoms with Crippen molar-refractivity contribution in [2.45, 2.75) is 6.92 Å². The van der Waals surface area contributed by atoms with Crippen LogP contribution < -0.4 is 5.32 Å². The third-order valence-electron chi connectivity index (χ3n) is 4.31. The number of nitrogens with one attached hydrogen (secondary N) is 1. The number of nitrogens with zero attached hydrogens (tertiary/aromatic N) is 5. The highest BCUT2D eigenvalue weighted by Gasteiger charge is 2.23. The second kappa shape index (κ2) is 7.55. The van der Waals surface area contributed by atoms with E-state index >= 15 is 0 Å². The van der Waals surface area contributed by atoms with Crippen LogP contribution in [0.1, 0.15) is 27.8 Å². The zero-order valence-electron chi connectivity index (χ0n) is 15.9. The number of imidazole rings is 1. The van der Waals surface area contributed by atoms with Gasteiger partial charge in [-0.15, -0.1) is 0 Å². The third kappa shape index (κ3) is 3.57. The number of carbonyl (C=O) groups is 2. The Morgan fingerprint density at radius 2 is 2.00 bits per heavy atom. The van der Waals surface area contributed by atoms with Crippen molar-refractivity contribution in [3.63, 3.8) is 0 Å². The fourth-order valence-electron chi connectivity index (χ4n) is 2.95. The fourth-order valence-corrected chi connectivity index (χ4v) is 2.95. The Morgan fingerprint density at radius 3 is 2.76 bits per heavy atom. The van der Waals surface area contributed by atoms with Crippen molar-refractivity contribution < 1.29 is 14.3 Å². The molecule has 1 aromatic carbocycles. The molecule has 3 heterocycles. The highest BCUT2D eigenvalue weighted by molar-refractivity contribution is 6.09. The summed E-state index contributed by atoms with van der Waals surface area (Å²) in [6, 6.07) is 11.4. The van der Waals surface area contributed by atoms with E-state index in [9.17, 15) is 9.59 Å². The fraction of sp³-hybridized carbons (Fsp3) is 0.150. The van der Waals surface area contributed by atoms with Crippen LogP contribution in [-0.2, 0) is 11.8 Å². The number of amides is 1. The lowest BCUT2D eigenvalue weighted by molar-refractivity contribution is 0.0523. The summed E-state index contributed by atoms with van der Waals surface area (Å²) in [7, 11) is 1.58. The standard InChI is InChI=1S/C20H18N6O3/c1-3-29-20(28)14-10-22-25(2)18(14)19(27)24-16-9-17-23-15(11-26(17)12-21-16)13-7-5-4-6-8-13/h4-12H,3H2,1-2H3,(H,24,27). The maximum absolute atomic E-state index is 12.7. The molecule has 0 aliphatic heterocycles. The number of benzene rings is 1. The minimum atomic E-state index is -0.602. The molecule has 0 bridgehead atoms. The summed E-state index contributed by atoms with van der Waals surface area (Å²) in [5.74, 6) is -0.807. The Labute approximate surface area is 166 Å². The number of aromatic nitrogens is 5. The monoisotopic (exact) mass is 390 g/mol. The molecule has 4 aromatic rings. The molecule has 0 aliphatic rings. The predicted octanol–water partition coefficient (Wildman–Crippen LogP) is 2.56. The maximum Gasteiger partial charge on any atom is 0.342 e. The number of carbonyl (C=O) groups excluding carboxylic acids is 2. The molecule has 1 N–H and O–H groups in total. The summed E-state index contributed by atoms with van der Waals surface area (Å²) >= 11 is 0. The van der Waals surface area contributed by atoms with Crippen LogP contribution in [-0.4, -0.2) is 42.6 Å². The second-order valence-electron chi connectivity index (χ2n) is 6.24. The highest BCUT2D eigenvalue weighted by atomic mass is 16.5. The topological polar surface area (TPSA) is 103 Å². The molecule has 0 radical (unpaired) electrons. The smallest absolute Gasteiger partial charge is 0.342 e. The van der Waals surface area contributed by atoms with E-state index in [4.69, 9.17) is 4.74 Å². The van der Waals surface area contributed by atoms with E-state index in [2.05, 4.69) is 20.4 Å². The molecule has 4 rings (SSSR count). The summed E-state index contributed by atoms with van der Waals surface area (Å²) in [4.78, 5) is 33.6. The van der Waals surface area contributed by atoms with Crippen LogP contribution in [0.4, 0.5) is 5.82 Å². The zero-order chi connectivity index (χ0) is 20.4. The number of ether oxygens (including phenoxy) is 1. The van der Waals surface area contributed by atoms with Crippen molar-refractivity contribution in [2.75, 3.05) is 11.9 Å². The minimum Gasteiger partial charge on any atom is -0.462 e. The van der Waals surface area contributed by atoms with Gasteiger partial charge in [0.1, 0.15) is 29.0 Å². The molecule has 146 valence electrons. The van der Waals surface area contributed by atoms with Crippen molar-refractivity contribution >= 4 is 23.3 Å². The van der Waals surface area contributed by atoms with Crippen LogP contribution in [0.5, 0.6) is 0 Å². The lowest BCUT2D eigenvalue weighted by atomic mass is 10.2. The van der Waals surface area contributed by atoms with Gasteiger partial charge in [0.05, 0.1) is 18.5 Å². The van der Waals surface area contributed by atoms with Gasteiger partial charge in [0.25, 0.3) is 5.91 Å². The quantitative estimate of drug-likeness (QED) is 0.525. The first-order valence-electron chi connectivity index (χ1n) is 8.97. The molecule has 9 heteroatoms. The largest absolute Gasteiger partial charge is 0.462 e. The first kappa shape index (κ1) is 18.4. The van der Waals surface area contributed by atoms with Gasteiger partial charge in [-0.1, -0.05) is 30.3 Å². The number of hydrogen-bond acceptors (Lipinski definition) is 6.